The molecule has 2 aromatic rings. The van der Waals surface area contributed by atoms with Crippen LogP contribution < -0.4 is 10.2 Å². The van der Waals surface area contributed by atoms with Crippen LogP contribution in [0.3, 0.4) is 0 Å². The van der Waals surface area contributed by atoms with Crippen molar-refractivity contribution >= 4 is 44.8 Å². The average Bonchev–Trinajstić information content (AvgIpc) is 3.01. The number of anilines is 2. The zero-order valence-corrected chi connectivity index (χ0v) is 16.4. The monoisotopic (exact) mass is 431 g/mol. The second-order valence-corrected chi connectivity index (χ2v) is 7.39. The summed E-state index contributed by atoms with van der Waals surface area (Å²) in [6.07, 6.45) is 0.108. The molecular formula is C19H18BrN3O4. The van der Waals surface area contributed by atoms with Gasteiger partial charge in [0.2, 0.25) is 11.8 Å². The third-order valence-electron chi connectivity index (χ3n) is 4.57. The van der Waals surface area contributed by atoms with Crippen molar-refractivity contribution in [3.63, 3.8) is 0 Å². The average molecular weight is 432 g/mol. The van der Waals surface area contributed by atoms with Gasteiger partial charge in [0.15, 0.2) is 0 Å². The fourth-order valence-electron chi connectivity index (χ4n) is 3.15. The van der Waals surface area contributed by atoms with Gasteiger partial charge in [-0.15, -0.1) is 0 Å². The number of nitro benzene ring substituents is 1. The molecule has 3 rings (SSSR count). The maximum atomic E-state index is 12.6. The highest BCUT2D eigenvalue weighted by molar-refractivity contribution is 9.10. The van der Waals surface area contributed by atoms with E-state index in [-0.39, 0.29) is 30.5 Å². The molecule has 2 aromatic carbocycles. The van der Waals surface area contributed by atoms with E-state index in [0.29, 0.717) is 11.4 Å². The molecular weight excluding hydrogens is 414 g/mol. The van der Waals surface area contributed by atoms with E-state index in [1.807, 2.05) is 26.0 Å². The number of aryl methyl sites for hydroxylation is 2. The minimum absolute atomic E-state index is 0.0410. The summed E-state index contributed by atoms with van der Waals surface area (Å²) in [6.45, 7) is 4.14. The van der Waals surface area contributed by atoms with Gasteiger partial charge in [0.05, 0.1) is 10.8 Å². The molecule has 2 amide bonds. The minimum Gasteiger partial charge on any atom is -0.326 e. The highest BCUT2D eigenvalue weighted by atomic mass is 79.9. The van der Waals surface area contributed by atoms with Crippen molar-refractivity contribution in [1.82, 2.24) is 0 Å². The van der Waals surface area contributed by atoms with Crippen LogP contribution in [-0.4, -0.2) is 23.3 Å². The zero-order chi connectivity index (χ0) is 19.7. The number of nitro groups is 1. The van der Waals surface area contributed by atoms with Crippen LogP contribution in [0, 0.1) is 29.9 Å². The number of benzene rings is 2. The number of amides is 2. The number of nitrogens with zero attached hydrogens (tertiary/aromatic N) is 2. The lowest BCUT2D eigenvalue weighted by Crippen LogP contribution is -2.28. The van der Waals surface area contributed by atoms with E-state index in [0.717, 1.165) is 15.6 Å². The van der Waals surface area contributed by atoms with Gasteiger partial charge < -0.3 is 10.2 Å². The molecule has 1 N–H and O–H groups in total. The summed E-state index contributed by atoms with van der Waals surface area (Å²) < 4.78 is 1.00. The molecule has 1 aliphatic rings. The molecule has 0 aliphatic carbocycles. The van der Waals surface area contributed by atoms with Gasteiger partial charge in [-0.05, 0) is 49.2 Å². The smallest absolute Gasteiger partial charge is 0.269 e. The normalized spacial score (nSPS) is 16.5. The van der Waals surface area contributed by atoms with Gasteiger partial charge in [-0.1, -0.05) is 15.9 Å². The van der Waals surface area contributed by atoms with Crippen LogP contribution in [0.2, 0.25) is 0 Å². The summed E-state index contributed by atoms with van der Waals surface area (Å²) in [5, 5.41) is 13.6. The Hall–Kier alpha value is -2.74. The first-order valence-corrected chi connectivity index (χ1v) is 9.18. The van der Waals surface area contributed by atoms with E-state index < -0.39 is 10.8 Å². The van der Waals surface area contributed by atoms with Crippen LogP contribution in [0.4, 0.5) is 17.1 Å². The SMILES string of the molecule is Cc1cc(NC(=O)[C@H]2CC(=O)N(c3ccc([N+](=O)[O-])cc3)C2)cc(C)c1Br. The predicted molar refractivity (Wildman–Crippen MR) is 106 cm³/mol. The molecule has 7 nitrogen and oxygen atoms in total. The Labute approximate surface area is 164 Å². The molecule has 1 aliphatic heterocycles. The lowest BCUT2D eigenvalue weighted by atomic mass is 10.1. The lowest BCUT2D eigenvalue weighted by Gasteiger charge is -2.17. The number of halogens is 1. The van der Waals surface area contributed by atoms with Crippen molar-refractivity contribution in [3.8, 4) is 0 Å². The summed E-state index contributed by atoms with van der Waals surface area (Å²) in [4.78, 5) is 36.7. The highest BCUT2D eigenvalue weighted by Gasteiger charge is 2.35. The summed E-state index contributed by atoms with van der Waals surface area (Å²) in [5.41, 5.74) is 3.23. The van der Waals surface area contributed by atoms with Crippen LogP contribution in [0.1, 0.15) is 17.5 Å². The number of hydrogen-bond acceptors (Lipinski definition) is 4. The molecule has 1 atom stereocenters. The fourth-order valence-corrected chi connectivity index (χ4v) is 3.38. The van der Waals surface area contributed by atoms with Crippen molar-refractivity contribution in [2.45, 2.75) is 20.3 Å². The summed E-state index contributed by atoms with van der Waals surface area (Å²) in [7, 11) is 0. The molecule has 1 fully saturated rings. The summed E-state index contributed by atoms with van der Waals surface area (Å²) >= 11 is 3.50. The minimum atomic E-state index is -0.492. The molecule has 27 heavy (non-hydrogen) atoms. The number of non-ortho nitro benzene ring substituents is 1. The Morgan fingerprint density at radius 3 is 2.37 bits per heavy atom. The van der Waals surface area contributed by atoms with Gasteiger partial charge >= 0.3 is 0 Å². The molecule has 0 radical (unpaired) electrons. The zero-order valence-electron chi connectivity index (χ0n) is 14.9. The van der Waals surface area contributed by atoms with Crippen LogP contribution in [0.25, 0.3) is 0 Å². The largest absolute Gasteiger partial charge is 0.326 e. The van der Waals surface area contributed by atoms with Gasteiger partial charge in [-0.25, -0.2) is 0 Å². The first-order chi connectivity index (χ1) is 12.8. The van der Waals surface area contributed by atoms with Crippen molar-refractivity contribution in [2.75, 3.05) is 16.8 Å². The topological polar surface area (TPSA) is 92.6 Å². The summed E-state index contributed by atoms with van der Waals surface area (Å²) in [5.74, 6) is -0.863. The molecule has 8 heteroatoms. The second-order valence-electron chi connectivity index (χ2n) is 6.59. The first-order valence-electron chi connectivity index (χ1n) is 8.38. The number of nitrogens with one attached hydrogen (secondary N) is 1. The van der Waals surface area contributed by atoms with E-state index in [1.165, 1.54) is 29.2 Å². The first kappa shape index (κ1) is 19.0. The standard InChI is InChI=1S/C19H18BrN3O4/c1-11-7-14(8-12(2)18(11)20)21-19(25)13-9-17(24)22(10-13)15-3-5-16(6-4-15)23(26)27/h3-8,13H,9-10H2,1-2H3,(H,21,25)/t13-/m0/s1. The quantitative estimate of drug-likeness (QED) is 0.585. The Morgan fingerprint density at radius 1 is 1.22 bits per heavy atom. The Kier molecular flexibility index (Phi) is 5.27. The van der Waals surface area contributed by atoms with E-state index in [1.54, 1.807) is 0 Å². The highest BCUT2D eigenvalue weighted by Crippen LogP contribution is 2.29. The maximum Gasteiger partial charge on any atom is 0.269 e. The van der Waals surface area contributed by atoms with Crippen LogP contribution in [-0.2, 0) is 9.59 Å². The van der Waals surface area contributed by atoms with E-state index in [2.05, 4.69) is 21.2 Å². The Balaban J connectivity index is 1.71. The Bertz CT molecular complexity index is 904. The molecule has 0 saturated carbocycles. The van der Waals surface area contributed by atoms with Gasteiger partial charge in [-0.3, -0.25) is 19.7 Å². The maximum absolute atomic E-state index is 12.6. The van der Waals surface area contributed by atoms with Crippen LogP contribution in [0.15, 0.2) is 40.9 Å². The molecule has 0 spiro atoms. The van der Waals surface area contributed by atoms with Crippen LogP contribution in [0.5, 0.6) is 0 Å². The van der Waals surface area contributed by atoms with Gasteiger partial charge in [0.1, 0.15) is 0 Å². The van der Waals surface area contributed by atoms with E-state index in [9.17, 15) is 19.7 Å². The van der Waals surface area contributed by atoms with Gasteiger partial charge in [0.25, 0.3) is 5.69 Å². The molecule has 140 valence electrons. The number of carbonyl (C=O) groups excluding carboxylic acids is 2. The predicted octanol–water partition coefficient (Wildman–Crippen LogP) is 3.97. The summed E-state index contributed by atoms with van der Waals surface area (Å²) in [6, 6.07) is 9.50. The molecule has 1 saturated heterocycles. The fraction of sp³-hybridized carbons (Fsp3) is 0.263. The van der Waals surface area contributed by atoms with Crippen molar-refractivity contribution in [3.05, 3.63) is 62.1 Å². The number of carbonyl (C=O) groups is 2. The van der Waals surface area contributed by atoms with Crippen molar-refractivity contribution in [2.24, 2.45) is 5.92 Å². The number of hydrogen-bond donors (Lipinski definition) is 1. The Morgan fingerprint density at radius 2 is 1.81 bits per heavy atom. The van der Waals surface area contributed by atoms with Crippen molar-refractivity contribution < 1.29 is 14.5 Å². The third kappa shape index (κ3) is 4.00. The molecule has 0 bridgehead atoms. The third-order valence-corrected chi connectivity index (χ3v) is 5.82. The molecule has 0 aromatic heterocycles. The molecule has 1 heterocycles. The van der Waals surface area contributed by atoms with Crippen molar-refractivity contribution in [1.29, 1.82) is 0 Å². The second kappa shape index (κ2) is 7.48. The van der Waals surface area contributed by atoms with E-state index >= 15 is 0 Å². The molecule has 0 unspecified atom stereocenters. The van der Waals surface area contributed by atoms with Gasteiger partial charge in [0, 0.05) is 40.9 Å². The van der Waals surface area contributed by atoms with Crippen LogP contribution >= 0.6 is 15.9 Å². The van der Waals surface area contributed by atoms with Gasteiger partial charge in [-0.2, -0.15) is 0 Å². The lowest BCUT2D eigenvalue weighted by molar-refractivity contribution is -0.384. The number of rotatable bonds is 4. The van der Waals surface area contributed by atoms with E-state index in [4.69, 9.17) is 0 Å².